The van der Waals surface area contributed by atoms with E-state index in [0.29, 0.717) is 30.3 Å². The molecule has 0 spiro atoms. The molecule has 8 nitrogen and oxygen atoms in total. The van der Waals surface area contributed by atoms with Gasteiger partial charge in [0.2, 0.25) is 12.5 Å². The molecule has 27 heavy (non-hydrogen) atoms. The van der Waals surface area contributed by atoms with Crippen LogP contribution in [0, 0.1) is 0 Å². The van der Waals surface area contributed by atoms with Gasteiger partial charge in [-0.15, -0.1) is 0 Å². The Kier molecular flexibility index (Phi) is 5.21. The van der Waals surface area contributed by atoms with Crippen LogP contribution in [0.4, 0.5) is 0 Å². The third kappa shape index (κ3) is 4.04. The Morgan fingerprint density at radius 1 is 1.04 bits per heavy atom. The molecule has 0 saturated carbocycles. The van der Waals surface area contributed by atoms with Crippen molar-refractivity contribution in [1.29, 1.82) is 0 Å². The predicted molar refractivity (Wildman–Crippen MR) is 89.4 cm³/mol. The van der Waals surface area contributed by atoms with Gasteiger partial charge in [0.1, 0.15) is 0 Å². The quantitative estimate of drug-likeness (QED) is 0.597. The molecule has 0 radical (unpaired) electrons. The van der Waals surface area contributed by atoms with Crippen molar-refractivity contribution in [3.8, 4) is 11.5 Å². The standard InChI is InChI=1S/C19H18O8/c1-12(20)25-18(13-2-4-14(5-3-13)19-21-8-9-22-19)15-6-7-16-17(10-15)26-27-24-11-23-16/h2-7,10,18-19H,8-9,11H2,1H3. The van der Waals surface area contributed by atoms with E-state index in [4.69, 9.17) is 23.8 Å². The SMILES string of the molecule is CC(=O)OC(c1ccc(C2OCCO2)cc1)c1ccc2c(c1)OOOCO2. The number of fused-ring (bicyclic) bond motifs is 1. The highest BCUT2D eigenvalue weighted by Crippen LogP contribution is 2.36. The van der Waals surface area contributed by atoms with Gasteiger partial charge >= 0.3 is 5.97 Å². The first-order valence-corrected chi connectivity index (χ1v) is 8.44. The normalized spacial score (nSPS) is 18.0. The number of rotatable bonds is 4. The number of carbonyl (C=O) groups is 1. The molecule has 2 heterocycles. The number of esters is 1. The number of benzene rings is 2. The van der Waals surface area contributed by atoms with Crippen LogP contribution in [0.25, 0.3) is 0 Å². The molecular weight excluding hydrogens is 356 g/mol. The predicted octanol–water partition coefficient (Wildman–Crippen LogP) is 2.98. The van der Waals surface area contributed by atoms with Crippen molar-refractivity contribution in [2.45, 2.75) is 19.3 Å². The molecule has 1 fully saturated rings. The van der Waals surface area contributed by atoms with Crippen molar-refractivity contribution in [3.05, 3.63) is 59.2 Å². The summed E-state index contributed by atoms with van der Waals surface area (Å²) in [7, 11) is 0. The van der Waals surface area contributed by atoms with Crippen LogP contribution in [0.1, 0.15) is 36.0 Å². The molecule has 2 aliphatic heterocycles. The second kappa shape index (κ2) is 7.93. The topological polar surface area (TPSA) is 81.7 Å². The Hall–Kier alpha value is -2.65. The van der Waals surface area contributed by atoms with Crippen molar-refractivity contribution < 1.29 is 38.6 Å². The molecule has 142 valence electrons. The van der Waals surface area contributed by atoms with E-state index in [1.54, 1.807) is 18.2 Å². The van der Waals surface area contributed by atoms with Gasteiger partial charge in [-0.3, -0.25) is 4.79 Å². The van der Waals surface area contributed by atoms with E-state index >= 15 is 0 Å². The van der Waals surface area contributed by atoms with Crippen molar-refractivity contribution in [3.63, 3.8) is 0 Å². The van der Waals surface area contributed by atoms with Gasteiger partial charge in [-0.25, -0.2) is 0 Å². The molecule has 2 aliphatic rings. The van der Waals surface area contributed by atoms with Gasteiger partial charge in [-0.05, 0) is 22.7 Å². The van der Waals surface area contributed by atoms with Gasteiger partial charge in [0.15, 0.2) is 18.1 Å². The van der Waals surface area contributed by atoms with Crippen molar-refractivity contribution in [2.75, 3.05) is 20.0 Å². The van der Waals surface area contributed by atoms with E-state index in [1.165, 1.54) is 6.92 Å². The zero-order chi connectivity index (χ0) is 18.6. The molecule has 8 heteroatoms. The molecule has 0 aromatic heterocycles. The first kappa shape index (κ1) is 17.7. The van der Waals surface area contributed by atoms with E-state index in [2.05, 4.69) is 9.93 Å². The highest BCUT2D eigenvalue weighted by molar-refractivity contribution is 5.67. The van der Waals surface area contributed by atoms with Gasteiger partial charge in [0.05, 0.1) is 13.2 Å². The minimum absolute atomic E-state index is 0.0908. The summed E-state index contributed by atoms with van der Waals surface area (Å²) in [6.07, 6.45) is -0.985. The minimum Gasteiger partial charge on any atom is -0.460 e. The molecule has 1 unspecified atom stereocenters. The first-order chi connectivity index (χ1) is 13.2. The summed E-state index contributed by atoms with van der Waals surface area (Å²) in [5.74, 6) is 0.383. The Balaban J connectivity index is 1.63. The molecule has 0 N–H and O–H groups in total. The van der Waals surface area contributed by atoms with Gasteiger partial charge < -0.3 is 23.8 Å². The number of hydrogen-bond donors (Lipinski definition) is 0. The van der Waals surface area contributed by atoms with Crippen LogP contribution < -0.4 is 9.62 Å². The summed E-state index contributed by atoms with van der Waals surface area (Å²) < 4.78 is 21.9. The Morgan fingerprint density at radius 2 is 1.78 bits per heavy atom. The smallest absolute Gasteiger partial charge is 0.303 e. The summed E-state index contributed by atoms with van der Waals surface area (Å²) in [6.45, 7) is 2.42. The van der Waals surface area contributed by atoms with E-state index in [1.807, 2.05) is 24.3 Å². The van der Waals surface area contributed by atoms with E-state index < -0.39 is 12.1 Å². The fourth-order valence-corrected chi connectivity index (χ4v) is 2.91. The second-order valence-corrected chi connectivity index (χ2v) is 5.97. The van der Waals surface area contributed by atoms with Gasteiger partial charge in [0, 0.05) is 18.1 Å². The fraction of sp³-hybridized carbons (Fsp3) is 0.316. The third-order valence-corrected chi connectivity index (χ3v) is 4.12. The molecular formula is C19H18O8. The average Bonchev–Trinajstić information content (AvgIpc) is 3.11. The number of hydrogen-bond acceptors (Lipinski definition) is 8. The number of ether oxygens (including phenoxy) is 4. The lowest BCUT2D eigenvalue weighted by Gasteiger charge is -2.19. The lowest BCUT2D eigenvalue weighted by Crippen LogP contribution is -2.11. The maximum absolute atomic E-state index is 11.7. The van der Waals surface area contributed by atoms with E-state index in [0.717, 1.165) is 11.1 Å². The second-order valence-electron chi connectivity index (χ2n) is 5.97. The molecule has 2 aromatic carbocycles. The maximum atomic E-state index is 11.7. The summed E-state index contributed by atoms with van der Waals surface area (Å²) >= 11 is 0. The van der Waals surface area contributed by atoms with Crippen LogP contribution in [-0.2, 0) is 28.9 Å². The monoisotopic (exact) mass is 374 g/mol. The molecule has 1 atom stereocenters. The molecule has 0 amide bonds. The van der Waals surface area contributed by atoms with Crippen LogP contribution in [0.3, 0.4) is 0 Å². The van der Waals surface area contributed by atoms with Gasteiger partial charge in [-0.1, -0.05) is 30.3 Å². The van der Waals surface area contributed by atoms with E-state index in [-0.39, 0.29) is 13.1 Å². The minimum atomic E-state index is -0.625. The zero-order valence-electron chi connectivity index (χ0n) is 14.6. The summed E-state index contributed by atoms with van der Waals surface area (Å²) in [4.78, 5) is 21.3. The van der Waals surface area contributed by atoms with Gasteiger partial charge in [-0.2, -0.15) is 4.89 Å². The Bertz CT molecular complexity index is 798. The lowest BCUT2D eigenvalue weighted by molar-refractivity contribution is -0.472. The molecule has 0 bridgehead atoms. The molecule has 2 aromatic rings. The third-order valence-electron chi connectivity index (χ3n) is 4.12. The van der Waals surface area contributed by atoms with Crippen LogP contribution in [0.5, 0.6) is 11.5 Å². The van der Waals surface area contributed by atoms with Crippen LogP contribution in [0.15, 0.2) is 42.5 Å². The van der Waals surface area contributed by atoms with Crippen LogP contribution in [0.2, 0.25) is 0 Å². The Labute approximate surface area is 155 Å². The largest absolute Gasteiger partial charge is 0.460 e. The van der Waals surface area contributed by atoms with E-state index in [9.17, 15) is 4.79 Å². The highest BCUT2D eigenvalue weighted by Gasteiger charge is 2.23. The molecule has 1 saturated heterocycles. The average molecular weight is 374 g/mol. The highest BCUT2D eigenvalue weighted by atomic mass is 17.5. The summed E-state index contributed by atoms with van der Waals surface area (Å²) in [6, 6.07) is 12.7. The van der Waals surface area contributed by atoms with Crippen LogP contribution >= 0.6 is 0 Å². The molecule has 0 aliphatic carbocycles. The van der Waals surface area contributed by atoms with Crippen molar-refractivity contribution in [2.24, 2.45) is 0 Å². The molecule has 4 rings (SSSR count). The van der Waals surface area contributed by atoms with Crippen molar-refractivity contribution >= 4 is 5.97 Å². The maximum Gasteiger partial charge on any atom is 0.303 e. The zero-order valence-corrected chi connectivity index (χ0v) is 14.6. The van der Waals surface area contributed by atoms with Crippen LogP contribution in [-0.4, -0.2) is 26.0 Å². The summed E-state index contributed by atoms with van der Waals surface area (Å²) in [5.41, 5.74) is 2.39. The summed E-state index contributed by atoms with van der Waals surface area (Å²) in [5, 5.41) is 4.55. The first-order valence-electron chi connectivity index (χ1n) is 8.44. The Morgan fingerprint density at radius 3 is 2.52 bits per heavy atom. The van der Waals surface area contributed by atoms with Crippen molar-refractivity contribution in [1.82, 2.24) is 0 Å². The lowest BCUT2D eigenvalue weighted by atomic mass is 9.99. The number of carbonyl (C=O) groups excluding carboxylic acids is 1. The van der Waals surface area contributed by atoms with Gasteiger partial charge in [0.25, 0.3) is 0 Å². The fourth-order valence-electron chi connectivity index (χ4n) is 2.91.